The Hall–Kier alpha value is -5.80. The first kappa shape index (κ1) is 25.5. The van der Waals surface area contributed by atoms with E-state index >= 15 is 0 Å². The lowest BCUT2D eigenvalue weighted by Gasteiger charge is -2.28. The Morgan fingerprint density at radius 1 is 0.435 bits per heavy atom. The molecular weight excluding hydrogens is 562 g/mol. The molecule has 0 spiro atoms. The van der Waals surface area contributed by atoms with Crippen LogP contribution in [0.3, 0.4) is 0 Å². The molecule has 1 aliphatic rings. The number of hydrogen-bond donors (Lipinski definition) is 0. The van der Waals surface area contributed by atoms with Crippen molar-refractivity contribution in [1.82, 2.24) is 0 Å². The van der Waals surface area contributed by atoms with Gasteiger partial charge in [0.15, 0.2) is 0 Å². The Morgan fingerprint density at radius 2 is 1.02 bits per heavy atom. The molecule has 2 heterocycles. The van der Waals surface area contributed by atoms with Crippen molar-refractivity contribution >= 4 is 71.7 Å². The normalized spacial score (nSPS) is 13.6. The summed E-state index contributed by atoms with van der Waals surface area (Å²) in [6, 6.07) is 49.9. The first-order chi connectivity index (χ1) is 22.5. The lowest BCUT2D eigenvalue weighted by Crippen LogP contribution is -2.16. The molecule has 0 N–H and O–H groups in total. The maximum atomic E-state index is 6.39. The summed E-state index contributed by atoms with van der Waals surface area (Å²) in [4.78, 5) is 2.38. The molecule has 7 aromatic carbocycles. The van der Waals surface area contributed by atoms with E-state index < -0.39 is 0 Å². The Kier molecular flexibility index (Phi) is 5.06. The van der Waals surface area contributed by atoms with Gasteiger partial charge in [-0.05, 0) is 93.7 Å². The summed E-state index contributed by atoms with van der Waals surface area (Å²) in [6.07, 6.45) is 0. The summed E-state index contributed by atoms with van der Waals surface area (Å²) in [5.74, 6) is 0. The average molecular weight is 592 g/mol. The maximum Gasteiger partial charge on any atom is 0.136 e. The second-order valence-corrected chi connectivity index (χ2v) is 13.0. The topological polar surface area (TPSA) is 29.5 Å². The Balaban J connectivity index is 1.24. The number of benzene rings is 7. The SMILES string of the molecule is CC1(C)c2ccccc2-c2ccc(N(c3ccc4oc5ccccc5c4c3)c3ccc4oc5ccc6ccccc6c5c4c3)cc21. The summed E-state index contributed by atoms with van der Waals surface area (Å²) in [5.41, 5.74) is 12.1. The van der Waals surface area contributed by atoms with Crippen molar-refractivity contribution in [2.24, 2.45) is 0 Å². The lowest BCUT2D eigenvalue weighted by atomic mass is 9.82. The number of furan rings is 2. The van der Waals surface area contributed by atoms with Gasteiger partial charge in [-0.1, -0.05) is 92.7 Å². The van der Waals surface area contributed by atoms with E-state index in [1.807, 2.05) is 12.1 Å². The van der Waals surface area contributed by atoms with Gasteiger partial charge in [0.1, 0.15) is 22.3 Å². The van der Waals surface area contributed by atoms with E-state index in [0.717, 1.165) is 60.9 Å². The van der Waals surface area contributed by atoms with Gasteiger partial charge in [-0.3, -0.25) is 0 Å². The van der Waals surface area contributed by atoms with Gasteiger partial charge < -0.3 is 13.7 Å². The second kappa shape index (κ2) is 9.12. The molecule has 0 radical (unpaired) electrons. The highest BCUT2D eigenvalue weighted by molar-refractivity contribution is 6.19. The summed E-state index contributed by atoms with van der Waals surface area (Å²) in [5, 5.41) is 6.89. The van der Waals surface area contributed by atoms with Crippen LogP contribution in [-0.4, -0.2) is 0 Å². The first-order valence-corrected chi connectivity index (χ1v) is 15.8. The van der Waals surface area contributed by atoms with Gasteiger partial charge in [-0.2, -0.15) is 0 Å². The molecule has 3 heteroatoms. The van der Waals surface area contributed by atoms with Crippen LogP contribution in [0.1, 0.15) is 25.0 Å². The Morgan fingerprint density at radius 3 is 1.89 bits per heavy atom. The molecule has 3 nitrogen and oxygen atoms in total. The van der Waals surface area contributed by atoms with Crippen LogP contribution < -0.4 is 4.90 Å². The van der Waals surface area contributed by atoms with Gasteiger partial charge in [0.2, 0.25) is 0 Å². The van der Waals surface area contributed by atoms with E-state index in [2.05, 4.69) is 146 Å². The van der Waals surface area contributed by atoms with Crippen molar-refractivity contribution < 1.29 is 8.83 Å². The standard InChI is InChI=1S/C43H29NO2/c1-43(2)36-13-7-5-11-31(36)32-19-16-29(25-37(32)43)44(27-17-21-39-34(23-27)33-12-6-8-14-38(33)45-39)28-18-22-40-35(24-28)42-30-10-4-3-9-26(30)15-20-41(42)46-40/h3-25H,1-2H3. The first-order valence-electron chi connectivity index (χ1n) is 15.8. The highest BCUT2D eigenvalue weighted by Crippen LogP contribution is 2.51. The quantitative estimate of drug-likeness (QED) is 0.205. The third-order valence-electron chi connectivity index (χ3n) is 10.0. The van der Waals surface area contributed by atoms with Crippen LogP contribution in [0.2, 0.25) is 0 Å². The number of anilines is 3. The summed E-state index contributed by atoms with van der Waals surface area (Å²) in [7, 11) is 0. The minimum absolute atomic E-state index is 0.109. The minimum atomic E-state index is -0.109. The van der Waals surface area contributed by atoms with Crippen LogP contribution >= 0.6 is 0 Å². The van der Waals surface area contributed by atoms with Gasteiger partial charge in [-0.25, -0.2) is 0 Å². The molecule has 0 amide bonds. The van der Waals surface area contributed by atoms with Crippen LogP contribution in [0.5, 0.6) is 0 Å². The average Bonchev–Trinajstić information content (AvgIpc) is 3.73. The monoisotopic (exact) mass is 591 g/mol. The molecule has 9 aromatic rings. The molecule has 0 atom stereocenters. The van der Waals surface area contributed by atoms with Gasteiger partial charge in [0.25, 0.3) is 0 Å². The number of rotatable bonds is 3. The largest absolute Gasteiger partial charge is 0.456 e. The molecule has 46 heavy (non-hydrogen) atoms. The van der Waals surface area contributed by atoms with Crippen LogP contribution in [0.25, 0.3) is 65.8 Å². The molecule has 0 saturated heterocycles. The molecule has 0 bridgehead atoms. The zero-order valence-electron chi connectivity index (χ0n) is 25.5. The van der Waals surface area contributed by atoms with E-state index in [0.29, 0.717) is 0 Å². The number of nitrogens with zero attached hydrogens (tertiary/aromatic N) is 1. The van der Waals surface area contributed by atoms with Crippen LogP contribution in [0.4, 0.5) is 17.1 Å². The fraction of sp³-hybridized carbons (Fsp3) is 0.0698. The predicted molar refractivity (Wildman–Crippen MR) is 191 cm³/mol. The zero-order chi connectivity index (χ0) is 30.6. The molecule has 0 unspecified atom stereocenters. The lowest BCUT2D eigenvalue weighted by molar-refractivity contribution is 0.660. The van der Waals surface area contributed by atoms with E-state index in [4.69, 9.17) is 8.83 Å². The van der Waals surface area contributed by atoms with Gasteiger partial charge in [0, 0.05) is 44.0 Å². The van der Waals surface area contributed by atoms with Crippen molar-refractivity contribution in [3.05, 3.63) is 151 Å². The van der Waals surface area contributed by atoms with Gasteiger partial charge >= 0.3 is 0 Å². The molecule has 0 aliphatic heterocycles. The molecular formula is C43H29NO2. The highest BCUT2D eigenvalue weighted by Gasteiger charge is 2.35. The van der Waals surface area contributed by atoms with E-state index in [9.17, 15) is 0 Å². The summed E-state index contributed by atoms with van der Waals surface area (Å²) >= 11 is 0. The van der Waals surface area contributed by atoms with Crippen LogP contribution in [-0.2, 0) is 5.41 Å². The molecule has 10 rings (SSSR count). The van der Waals surface area contributed by atoms with E-state index in [-0.39, 0.29) is 5.41 Å². The second-order valence-electron chi connectivity index (χ2n) is 13.0. The zero-order valence-corrected chi connectivity index (χ0v) is 25.5. The minimum Gasteiger partial charge on any atom is -0.456 e. The van der Waals surface area contributed by atoms with E-state index in [1.54, 1.807) is 0 Å². The number of para-hydroxylation sites is 1. The molecule has 0 saturated carbocycles. The van der Waals surface area contributed by atoms with Crippen LogP contribution in [0.15, 0.2) is 148 Å². The molecule has 1 aliphatic carbocycles. The number of fused-ring (bicyclic) bond motifs is 11. The maximum absolute atomic E-state index is 6.39. The Bertz CT molecular complexity index is 2690. The van der Waals surface area contributed by atoms with Crippen molar-refractivity contribution in [2.45, 2.75) is 19.3 Å². The summed E-state index contributed by atoms with van der Waals surface area (Å²) < 4.78 is 12.6. The van der Waals surface area contributed by atoms with Gasteiger partial charge in [-0.15, -0.1) is 0 Å². The molecule has 218 valence electrons. The van der Waals surface area contributed by atoms with Crippen molar-refractivity contribution in [3.63, 3.8) is 0 Å². The summed E-state index contributed by atoms with van der Waals surface area (Å²) in [6.45, 7) is 4.68. The third kappa shape index (κ3) is 3.48. The molecule has 0 fully saturated rings. The third-order valence-corrected chi connectivity index (χ3v) is 10.0. The smallest absolute Gasteiger partial charge is 0.136 e. The fourth-order valence-corrected chi connectivity index (χ4v) is 7.81. The molecule has 2 aromatic heterocycles. The van der Waals surface area contributed by atoms with Crippen molar-refractivity contribution in [3.8, 4) is 11.1 Å². The number of hydrogen-bond acceptors (Lipinski definition) is 3. The Labute approximate surface area is 265 Å². The highest BCUT2D eigenvalue weighted by atomic mass is 16.3. The van der Waals surface area contributed by atoms with Crippen molar-refractivity contribution in [2.75, 3.05) is 4.90 Å². The van der Waals surface area contributed by atoms with Crippen molar-refractivity contribution in [1.29, 1.82) is 0 Å². The van der Waals surface area contributed by atoms with E-state index in [1.165, 1.54) is 33.0 Å². The predicted octanol–water partition coefficient (Wildman–Crippen LogP) is 12.4. The fourth-order valence-electron chi connectivity index (χ4n) is 7.81. The van der Waals surface area contributed by atoms with Crippen LogP contribution in [0, 0.1) is 0 Å². The van der Waals surface area contributed by atoms with Gasteiger partial charge in [0.05, 0.1) is 0 Å².